The van der Waals surface area contributed by atoms with Gasteiger partial charge in [-0.1, -0.05) is 0 Å². The Morgan fingerprint density at radius 1 is 1.72 bits per heavy atom. The molecule has 0 radical (unpaired) electrons. The predicted molar refractivity (Wildman–Crippen MR) is 66.9 cm³/mol. The van der Waals surface area contributed by atoms with E-state index in [0.29, 0.717) is 12.3 Å². The number of rotatable bonds is 7. The maximum Gasteiger partial charge on any atom is 0.350 e. The number of ether oxygens (including phenoxy) is 1. The van der Waals surface area contributed by atoms with E-state index in [1.54, 1.807) is 0 Å². The van der Waals surface area contributed by atoms with Crippen LogP contribution < -0.4 is 10.1 Å². The fourth-order valence-electron chi connectivity index (χ4n) is 1.28. The molecule has 0 spiro atoms. The number of aryl methyl sites for hydroxylation is 1. The number of carbonyl (C=O) groups excluding carboxylic acids is 1. The van der Waals surface area contributed by atoms with E-state index < -0.39 is 4.92 Å². The van der Waals surface area contributed by atoms with E-state index >= 15 is 0 Å². The molecule has 0 saturated heterocycles. The number of carbonyl (C=O) groups is 1. The molecule has 1 aromatic heterocycles. The first-order chi connectivity index (χ1) is 8.58. The van der Waals surface area contributed by atoms with Crippen LogP contribution in [0.15, 0.2) is 6.20 Å². The van der Waals surface area contributed by atoms with Crippen molar-refractivity contribution < 1.29 is 14.5 Å². The number of hydrogen-bond donors (Lipinski definition) is 2. The molecule has 0 aromatic carbocycles. The number of nitrogens with zero attached hydrogens (tertiary/aromatic N) is 3. The van der Waals surface area contributed by atoms with Crippen LogP contribution in [0.2, 0.25) is 0 Å². The summed E-state index contributed by atoms with van der Waals surface area (Å²) in [7, 11) is 1.30. The van der Waals surface area contributed by atoms with E-state index in [0.717, 1.165) is 0 Å². The molecular weight excluding hydrogens is 260 g/mol. The lowest BCUT2D eigenvalue weighted by molar-refractivity contribution is -0.385. The van der Waals surface area contributed by atoms with Gasteiger partial charge in [0.1, 0.15) is 6.20 Å². The number of aromatic nitrogens is 2. The lowest BCUT2D eigenvalue weighted by Crippen LogP contribution is -2.26. The third-order valence-electron chi connectivity index (χ3n) is 2.10. The van der Waals surface area contributed by atoms with E-state index in [2.05, 4.69) is 23.0 Å². The molecule has 1 aromatic rings. The van der Waals surface area contributed by atoms with Crippen molar-refractivity contribution >= 4 is 24.2 Å². The van der Waals surface area contributed by atoms with Gasteiger partial charge >= 0.3 is 11.6 Å². The molecular formula is C9H14N4O4S. The molecule has 0 fully saturated rings. The molecule has 0 saturated carbocycles. The largest absolute Gasteiger partial charge is 0.475 e. The number of thiol groups is 1. The van der Waals surface area contributed by atoms with Crippen LogP contribution in [-0.2, 0) is 11.3 Å². The van der Waals surface area contributed by atoms with Crippen molar-refractivity contribution in [3.8, 4) is 5.88 Å². The highest BCUT2D eigenvalue weighted by atomic mass is 32.1. The molecule has 8 nitrogen and oxygen atoms in total. The zero-order valence-electron chi connectivity index (χ0n) is 9.83. The van der Waals surface area contributed by atoms with E-state index in [1.165, 1.54) is 18.0 Å². The van der Waals surface area contributed by atoms with Gasteiger partial charge in [-0.05, 0) is 0 Å². The monoisotopic (exact) mass is 274 g/mol. The quantitative estimate of drug-likeness (QED) is 0.421. The van der Waals surface area contributed by atoms with Gasteiger partial charge in [-0.15, -0.1) is 5.10 Å². The number of methoxy groups -OCH3 is 1. The predicted octanol–water partition coefficient (Wildman–Crippen LogP) is 0.236. The van der Waals surface area contributed by atoms with Crippen LogP contribution in [0.4, 0.5) is 5.69 Å². The van der Waals surface area contributed by atoms with Gasteiger partial charge in [-0.25, -0.2) is 0 Å². The van der Waals surface area contributed by atoms with E-state index in [4.69, 9.17) is 4.74 Å². The Kier molecular flexibility index (Phi) is 5.43. The highest BCUT2D eigenvalue weighted by molar-refractivity contribution is 7.80. The highest BCUT2D eigenvalue weighted by Crippen LogP contribution is 2.23. The van der Waals surface area contributed by atoms with Crippen molar-refractivity contribution in [2.75, 3.05) is 19.4 Å². The number of amides is 1. The molecule has 0 atom stereocenters. The first kappa shape index (κ1) is 14.3. The maximum absolute atomic E-state index is 11.3. The summed E-state index contributed by atoms with van der Waals surface area (Å²) >= 11 is 3.96. The summed E-state index contributed by atoms with van der Waals surface area (Å²) in [6, 6.07) is 0. The highest BCUT2D eigenvalue weighted by Gasteiger charge is 2.20. The zero-order chi connectivity index (χ0) is 13.5. The van der Waals surface area contributed by atoms with Gasteiger partial charge in [-0.3, -0.25) is 19.6 Å². The van der Waals surface area contributed by atoms with E-state index in [9.17, 15) is 14.9 Å². The average Bonchev–Trinajstić information content (AvgIpc) is 2.77. The normalized spacial score (nSPS) is 10.1. The van der Waals surface area contributed by atoms with Crippen LogP contribution in [0, 0.1) is 10.1 Å². The molecule has 100 valence electrons. The molecule has 0 aliphatic heterocycles. The van der Waals surface area contributed by atoms with E-state index in [1.807, 2.05) is 0 Å². The van der Waals surface area contributed by atoms with Crippen molar-refractivity contribution in [3.05, 3.63) is 16.3 Å². The Morgan fingerprint density at radius 2 is 2.44 bits per heavy atom. The van der Waals surface area contributed by atoms with Gasteiger partial charge in [0.15, 0.2) is 0 Å². The summed E-state index contributed by atoms with van der Waals surface area (Å²) in [5, 5.41) is 17.2. The summed E-state index contributed by atoms with van der Waals surface area (Å²) in [4.78, 5) is 21.4. The minimum absolute atomic E-state index is 0.0595. The Morgan fingerprint density at radius 3 is 2.94 bits per heavy atom. The second-order valence-corrected chi connectivity index (χ2v) is 3.81. The Hall–Kier alpha value is -1.77. The summed E-state index contributed by atoms with van der Waals surface area (Å²) < 4.78 is 6.09. The number of hydrogen-bond acceptors (Lipinski definition) is 6. The van der Waals surface area contributed by atoms with Gasteiger partial charge in [0.25, 0.3) is 0 Å². The molecule has 1 rings (SSSR count). The van der Waals surface area contributed by atoms with Crippen LogP contribution >= 0.6 is 12.6 Å². The lowest BCUT2D eigenvalue weighted by atomic mass is 10.4. The van der Waals surface area contributed by atoms with Crippen LogP contribution in [0.3, 0.4) is 0 Å². The van der Waals surface area contributed by atoms with Crippen molar-refractivity contribution in [3.63, 3.8) is 0 Å². The average molecular weight is 274 g/mol. The van der Waals surface area contributed by atoms with Crippen LogP contribution in [0.25, 0.3) is 0 Å². The van der Waals surface area contributed by atoms with Gasteiger partial charge in [0, 0.05) is 18.7 Å². The van der Waals surface area contributed by atoms with Crippen LogP contribution in [0.1, 0.15) is 6.42 Å². The van der Waals surface area contributed by atoms with Crippen LogP contribution in [0.5, 0.6) is 5.88 Å². The third-order valence-corrected chi connectivity index (χ3v) is 2.33. The van der Waals surface area contributed by atoms with Gasteiger partial charge < -0.3 is 10.1 Å². The fraction of sp³-hybridized carbons (Fsp3) is 0.556. The molecule has 0 aliphatic carbocycles. The molecule has 0 bridgehead atoms. The smallest absolute Gasteiger partial charge is 0.350 e. The number of nitrogens with one attached hydrogen (secondary N) is 1. The van der Waals surface area contributed by atoms with Gasteiger partial charge in [0.2, 0.25) is 5.91 Å². The summed E-state index contributed by atoms with van der Waals surface area (Å²) in [5.41, 5.74) is -0.215. The van der Waals surface area contributed by atoms with Crippen molar-refractivity contribution in [1.82, 2.24) is 15.1 Å². The molecule has 1 amide bonds. The minimum atomic E-state index is -0.580. The molecule has 0 aliphatic rings. The fourth-order valence-corrected chi connectivity index (χ4v) is 1.39. The lowest BCUT2D eigenvalue weighted by Gasteiger charge is -2.02. The molecule has 1 heterocycles. The van der Waals surface area contributed by atoms with Gasteiger partial charge in [-0.2, -0.15) is 12.6 Å². The standard InChI is InChI=1S/C9H14N4O4S/c1-17-9-7(13(15)16)6-12(11-9)4-2-8(14)10-3-5-18/h6,18H,2-5H2,1H3,(H,10,14). The second-order valence-electron chi connectivity index (χ2n) is 3.37. The second kappa shape index (κ2) is 6.84. The third kappa shape index (κ3) is 3.91. The molecule has 18 heavy (non-hydrogen) atoms. The topological polar surface area (TPSA) is 99.3 Å². The summed E-state index contributed by atoms with van der Waals surface area (Å²) in [6.07, 6.45) is 1.43. The van der Waals surface area contributed by atoms with Crippen LogP contribution in [-0.4, -0.2) is 40.0 Å². The minimum Gasteiger partial charge on any atom is -0.475 e. The van der Waals surface area contributed by atoms with E-state index in [-0.39, 0.29) is 30.4 Å². The van der Waals surface area contributed by atoms with Gasteiger partial charge in [0.05, 0.1) is 18.6 Å². The molecule has 0 unspecified atom stereocenters. The first-order valence-electron chi connectivity index (χ1n) is 5.22. The Bertz CT molecular complexity index is 434. The van der Waals surface area contributed by atoms with Crippen molar-refractivity contribution in [1.29, 1.82) is 0 Å². The number of nitro groups is 1. The SMILES string of the molecule is COc1nn(CCC(=O)NCCS)cc1[N+](=O)[O-]. The summed E-state index contributed by atoms with van der Waals surface area (Å²) in [6.45, 7) is 0.743. The Balaban J connectivity index is 2.57. The Labute approximate surface area is 109 Å². The molecule has 9 heteroatoms. The van der Waals surface area contributed by atoms with Crippen molar-refractivity contribution in [2.45, 2.75) is 13.0 Å². The summed E-state index contributed by atoms with van der Waals surface area (Å²) in [5.74, 6) is 0.351. The zero-order valence-corrected chi connectivity index (χ0v) is 10.7. The van der Waals surface area contributed by atoms with Crippen molar-refractivity contribution in [2.24, 2.45) is 0 Å². The molecule has 1 N–H and O–H groups in total. The maximum atomic E-state index is 11.3. The first-order valence-corrected chi connectivity index (χ1v) is 5.85.